The lowest BCUT2D eigenvalue weighted by molar-refractivity contribution is -0.118. The van der Waals surface area contributed by atoms with Crippen LogP contribution < -0.4 is 10.1 Å². The molecular weight excluding hydrogens is 362 g/mol. The Morgan fingerprint density at radius 1 is 0.966 bits per heavy atom. The lowest BCUT2D eigenvalue weighted by Gasteiger charge is -2.13. The van der Waals surface area contributed by atoms with E-state index in [1.165, 1.54) is 32.1 Å². The van der Waals surface area contributed by atoms with Crippen LogP contribution >= 0.6 is 0 Å². The largest absolute Gasteiger partial charge is 0.478 e. The lowest BCUT2D eigenvalue weighted by atomic mass is 10.1. The summed E-state index contributed by atoms with van der Waals surface area (Å²) in [7, 11) is 0. The van der Waals surface area contributed by atoms with Gasteiger partial charge in [-0.25, -0.2) is 9.67 Å². The van der Waals surface area contributed by atoms with Crippen LogP contribution in [0.2, 0.25) is 0 Å². The first-order valence-corrected chi connectivity index (χ1v) is 11.1. The Bertz CT molecular complexity index is 784. The molecule has 0 aliphatic rings. The van der Waals surface area contributed by atoms with Crippen molar-refractivity contribution in [2.45, 2.75) is 78.1 Å². The maximum Gasteiger partial charge on any atom is 0.246 e. The highest BCUT2D eigenvalue weighted by Gasteiger charge is 2.07. The fourth-order valence-corrected chi connectivity index (χ4v) is 3.11. The molecule has 0 spiro atoms. The van der Waals surface area contributed by atoms with E-state index in [0.29, 0.717) is 24.3 Å². The molecule has 1 aromatic carbocycles. The van der Waals surface area contributed by atoms with Gasteiger partial charge in [-0.1, -0.05) is 77.0 Å². The van der Waals surface area contributed by atoms with Gasteiger partial charge in [0.2, 0.25) is 11.8 Å². The summed E-state index contributed by atoms with van der Waals surface area (Å²) in [6.07, 6.45) is 12.4. The van der Waals surface area contributed by atoms with Crippen LogP contribution in [0.4, 0.5) is 0 Å². The SMILES string of the molecule is CCCCCCCCOc1cc(=NC(=O)CCCCC)cnn1-c1ccccc1. The van der Waals surface area contributed by atoms with E-state index in [1.807, 2.05) is 36.4 Å². The maximum absolute atomic E-state index is 12.1. The number of para-hydroxylation sites is 1. The average molecular weight is 398 g/mol. The zero-order chi connectivity index (χ0) is 20.7. The molecule has 1 amide bonds. The molecule has 0 saturated heterocycles. The molecule has 5 nitrogen and oxygen atoms in total. The highest BCUT2D eigenvalue weighted by molar-refractivity contribution is 5.76. The molecule has 0 unspecified atom stereocenters. The molecular formula is C24H35N3O2. The van der Waals surface area contributed by atoms with Gasteiger partial charge in [-0.15, -0.1) is 0 Å². The number of carbonyl (C=O) groups is 1. The van der Waals surface area contributed by atoms with Gasteiger partial charge in [-0.05, 0) is 25.0 Å². The summed E-state index contributed by atoms with van der Waals surface area (Å²) in [4.78, 5) is 16.3. The molecule has 0 fully saturated rings. The van der Waals surface area contributed by atoms with Crippen LogP contribution in [-0.2, 0) is 4.79 Å². The quantitative estimate of drug-likeness (QED) is 0.412. The Balaban J connectivity index is 2.08. The maximum atomic E-state index is 12.1. The minimum absolute atomic E-state index is 0.0976. The van der Waals surface area contributed by atoms with E-state index in [4.69, 9.17) is 4.74 Å². The number of carbonyl (C=O) groups excluding carboxylic acids is 1. The van der Waals surface area contributed by atoms with Crippen LogP contribution in [0.5, 0.6) is 5.88 Å². The summed E-state index contributed by atoms with van der Waals surface area (Å²) in [5.41, 5.74) is 0.922. The number of aromatic nitrogens is 2. The summed E-state index contributed by atoms with van der Waals surface area (Å²) in [6, 6.07) is 11.7. The molecule has 2 aromatic rings. The zero-order valence-electron chi connectivity index (χ0n) is 18.0. The van der Waals surface area contributed by atoms with Crippen LogP contribution in [0.15, 0.2) is 47.6 Å². The van der Waals surface area contributed by atoms with Gasteiger partial charge >= 0.3 is 0 Å². The van der Waals surface area contributed by atoms with Crippen molar-refractivity contribution in [2.24, 2.45) is 4.99 Å². The number of nitrogens with zero attached hydrogens (tertiary/aromatic N) is 3. The first-order valence-electron chi connectivity index (χ1n) is 11.1. The first kappa shape index (κ1) is 22.9. The van der Waals surface area contributed by atoms with Crippen molar-refractivity contribution in [1.29, 1.82) is 0 Å². The van der Waals surface area contributed by atoms with Crippen LogP contribution in [0.3, 0.4) is 0 Å². The summed E-state index contributed by atoms with van der Waals surface area (Å²) in [5, 5.41) is 5.04. The Morgan fingerprint density at radius 3 is 2.41 bits per heavy atom. The number of ether oxygens (including phenoxy) is 1. The predicted octanol–water partition coefficient (Wildman–Crippen LogP) is 5.62. The minimum Gasteiger partial charge on any atom is -0.478 e. The second-order valence-electron chi connectivity index (χ2n) is 7.38. The summed E-state index contributed by atoms with van der Waals surface area (Å²) < 4.78 is 7.81. The Morgan fingerprint density at radius 2 is 1.66 bits per heavy atom. The van der Waals surface area contributed by atoms with Gasteiger partial charge in [0.25, 0.3) is 0 Å². The van der Waals surface area contributed by atoms with Crippen molar-refractivity contribution in [3.63, 3.8) is 0 Å². The van der Waals surface area contributed by atoms with E-state index >= 15 is 0 Å². The molecule has 29 heavy (non-hydrogen) atoms. The van der Waals surface area contributed by atoms with Gasteiger partial charge in [0.15, 0.2) is 0 Å². The highest BCUT2D eigenvalue weighted by Crippen LogP contribution is 2.15. The van der Waals surface area contributed by atoms with Crippen molar-refractivity contribution in [2.75, 3.05) is 6.61 Å². The molecule has 0 bridgehead atoms. The molecule has 158 valence electrons. The number of hydrogen-bond acceptors (Lipinski definition) is 3. The van der Waals surface area contributed by atoms with Gasteiger partial charge in [0, 0.05) is 12.5 Å². The molecule has 0 aliphatic heterocycles. The van der Waals surface area contributed by atoms with E-state index in [2.05, 4.69) is 23.9 Å². The topological polar surface area (TPSA) is 56.5 Å². The van der Waals surface area contributed by atoms with Crippen molar-refractivity contribution in [3.8, 4) is 11.6 Å². The van der Waals surface area contributed by atoms with Crippen molar-refractivity contribution in [1.82, 2.24) is 9.78 Å². The molecule has 1 aromatic heterocycles. The van der Waals surface area contributed by atoms with Gasteiger partial charge in [-0.3, -0.25) is 4.79 Å². The Kier molecular flexibility index (Phi) is 10.8. The third kappa shape index (κ3) is 8.63. The van der Waals surface area contributed by atoms with E-state index < -0.39 is 0 Å². The number of amides is 1. The second kappa shape index (κ2) is 13.7. The monoisotopic (exact) mass is 397 g/mol. The number of unbranched alkanes of at least 4 members (excludes halogenated alkanes) is 7. The predicted molar refractivity (Wildman–Crippen MR) is 117 cm³/mol. The number of hydrogen-bond donors (Lipinski definition) is 0. The van der Waals surface area contributed by atoms with E-state index in [0.717, 1.165) is 31.4 Å². The van der Waals surface area contributed by atoms with Gasteiger partial charge in [0.05, 0.1) is 23.8 Å². The fraction of sp³-hybridized carbons (Fsp3) is 0.542. The average Bonchev–Trinajstić information content (AvgIpc) is 2.74. The molecule has 0 radical (unpaired) electrons. The second-order valence-corrected chi connectivity index (χ2v) is 7.38. The zero-order valence-corrected chi connectivity index (χ0v) is 18.0. The number of rotatable bonds is 13. The lowest BCUT2D eigenvalue weighted by Crippen LogP contribution is -2.15. The van der Waals surface area contributed by atoms with Gasteiger partial charge < -0.3 is 4.74 Å². The van der Waals surface area contributed by atoms with Crippen molar-refractivity contribution >= 4 is 5.91 Å². The Hall–Kier alpha value is -2.43. The van der Waals surface area contributed by atoms with E-state index in [-0.39, 0.29) is 5.91 Å². The van der Waals surface area contributed by atoms with Crippen molar-refractivity contribution < 1.29 is 9.53 Å². The smallest absolute Gasteiger partial charge is 0.246 e. The van der Waals surface area contributed by atoms with Gasteiger partial charge in [0.1, 0.15) is 0 Å². The summed E-state index contributed by atoms with van der Waals surface area (Å²) >= 11 is 0. The molecule has 1 heterocycles. The third-order valence-corrected chi connectivity index (χ3v) is 4.78. The first-order chi connectivity index (χ1) is 14.2. The Labute approximate surface area is 174 Å². The van der Waals surface area contributed by atoms with Crippen LogP contribution in [0.25, 0.3) is 5.69 Å². The standard InChI is InChI=1S/C24H35N3O2/c1-3-5-7-8-9-14-18-29-24-19-21(26-23(28)17-11-6-4-2)20-25-27(24)22-15-12-10-13-16-22/h10,12-13,15-16,19-20H,3-9,11,14,17-18H2,1-2H3. The normalized spacial score (nSPS) is 11.6. The molecule has 0 N–H and O–H groups in total. The molecule has 5 heteroatoms. The molecule has 0 atom stereocenters. The molecule has 0 saturated carbocycles. The summed E-state index contributed by atoms with van der Waals surface area (Å²) in [6.45, 7) is 4.98. The third-order valence-electron chi connectivity index (χ3n) is 4.78. The van der Waals surface area contributed by atoms with Gasteiger partial charge in [-0.2, -0.15) is 5.10 Å². The van der Waals surface area contributed by atoms with E-state index in [1.54, 1.807) is 10.9 Å². The van der Waals surface area contributed by atoms with Crippen LogP contribution in [0.1, 0.15) is 78.1 Å². The molecule has 2 rings (SSSR count). The summed E-state index contributed by atoms with van der Waals surface area (Å²) in [5.74, 6) is 0.520. The van der Waals surface area contributed by atoms with Crippen LogP contribution in [-0.4, -0.2) is 22.3 Å². The highest BCUT2D eigenvalue weighted by atomic mass is 16.5. The molecule has 0 aliphatic carbocycles. The fourth-order valence-electron chi connectivity index (χ4n) is 3.11. The van der Waals surface area contributed by atoms with E-state index in [9.17, 15) is 4.79 Å². The minimum atomic E-state index is -0.0976. The van der Waals surface area contributed by atoms with Crippen molar-refractivity contribution in [3.05, 3.63) is 48.0 Å². The number of benzene rings is 1. The van der Waals surface area contributed by atoms with Crippen LogP contribution in [0, 0.1) is 0 Å².